The van der Waals surface area contributed by atoms with Crippen LogP contribution in [-0.4, -0.2) is 34.8 Å². The first kappa shape index (κ1) is 40.8. The molecule has 0 aliphatic carbocycles. The minimum atomic E-state index is -2.04. The van der Waals surface area contributed by atoms with Gasteiger partial charge in [0.2, 0.25) is 0 Å². The molecule has 5 aromatic rings. The molecule has 5 rings (SSSR count). The summed E-state index contributed by atoms with van der Waals surface area (Å²) in [5.41, 5.74) is 8.43. The lowest BCUT2D eigenvalue weighted by Gasteiger charge is -2.18. The van der Waals surface area contributed by atoms with E-state index in [0.29, 0.717) is 35.3 Å². The van der Waals surface area contributed by atoms with Crippen molar-refractivity contribution in [2.45, 2.75) is 119 Å². The third-order valence-electron chi connectivity index (χ3n) is 9.32. The molecule has 3 N–H and O–H groups in total. The summed E-state index contributed by atoms with van der Waals surface area (Å²) in [6.45, 7) is 19.0. The maximum Gasteiger partial charge on any atom is 0.316 e. The van der Waals surface area contributed by atoms with Gasteiger partial charge in [0.15, 0.2) is 23.0 Å². The highest BCUT2D eigenvalue weighted by Crippen LogP contribution is 2.36. The second-order valence-electron chi connectivity index (χ2n) is 15.2. The molecule has 2 aromatic heterocycles. The normalized spacial score (nSPS) is 12.8. The van der Waals surface area contributed by atoms with Crippen LogP contribution in [0.1, 0.15) is 113 Å². The molecule has 2 unspecified atom stereocenters. The highest BCUT2D eigenvalue weighted by molar-refractivity contribution is 7.82. The maximum atomic E-state index is 13.8. The van der Waals surface area contributed by atoms with Crippen molar-refractivity contribution in [3.05, 3.63) is 82.0 Å². The monoisotopic (exact) mass is 776 g/mol. The number of aromatic amines is 1. The number of fused-ring (bicyclic) bond motifs is 1. The number of unbranched alkanes of at least 4 members (excludes halogenated alkanes) is 7. The number of rotatable bonds is 19. The molecule has 2 atom stereocenters. The number of anilines is 2. The number of benzene rings is 3. The molecule has 0 aliphatic heterocycles. The van der Waals surface area contributed by atoms with E-state index in [9.17, 15) is 8.42 Å². The highest BCUT2D eigenvalue weighted by Gasteiger charge is 2.23. The van der Waals surface area contributed by atoms with E-state index in [-0.39, 0.29) is 11.2 Å². The third-order valence-corrected chi connectivity index (χ3v) is 10.8. The molecule has 0 bridgehead atoms. The zero-order valence-corrected chi connectivity index (χ0v) is 34.8. The SMILES string of the molecule is CCCCCCCCCCOc1ccc(NS(=O)Oc2cc(C)cc(C)c2)cc1OS(=O)Nc1c(C)cc(C)c(-c2nnc3cc(C(C)(C)C)[nH]n23)c1C. The van der Waals surface area contributed by atoms with Crippen molar-refractivity contribution >= 4 is 39.6 Å². The quantitative estimate of drug-likeness (QED) is 0.0712. The summed E-state index contributed by atoms with van der Waals surface area (Å²) in [4.78, 5) is 0. The minimum absolute atomic E-state index is 0.0955. The molecule has 0 fully saturated rings. The molecule has 0 radical (unpaired) electrons. The van der Waals surface area contributed by atoms with Gasteiger partial charge in [-0.2, -0.15) is 8.42 Å². The zero-order valence-electron chi connectivity index (χ0n) is 33.2. The van der Waals surface area contributed by atoms with Crippen molar-refractivity contribution in [2.24, 2.45) is 0 Å². The van der Waals surface area contributed by atoms with Crippen LogP contribution in [-0.2, 0) is 27.9 Å². The average Bonchev–Trinajstić information content (AvgIpc) is 3.69. The molecular weight excluding hydrogens is 721 g/mol. The second kappa shape index (κ2) is 18.3. The van der Waals surface area contributed by atoms with Gasteiger partial charge in [-0.3, -0.25) is 14.5 Å². The first-order valence-corrected chi connectivity index (χ1v) is 21.0. The number of ether oxygens (including phenoxy) is 1. The number of nitrogens with one attached hydrogen (secondary N) is 3. The molecule has 13 heteroatoms. The van der Waals surface area contributed by atoms with Crippen LogP contribution in [0.3, 0.4) is 0 Å². The summed E-state index contributed by atoms with van der Waals surface area (Å²) in [7, 11) is 0. The number of hydrogen-bond acceptors (Lipinski definition) is 7. The number of aryl methyl sites for hydroxylation is 4. The van der Waals surface area contributed by atoms with Gasteiger partial charge in [-0.15, -0.1) is 10.2 Å². The van der Waals surface area contributed by atoms with Crippen LogP contribution in [0.4, 0.5) is 11.4 Å². The number of nitrogens with zero attached hydrogens (tertiary/aromatic N) is 3. The minimum Gasteiger partial charge on any atom is -0.490 e. The van der Waals surface area contributed by atoms with E-state index in [4.69, 9.17) is 13.1 Å². The summed E-state index contributed by atoms with van der Waals surface area (Å²) in [5, 5.41) is 12.4. The second-order valence-corrected chi connectivity index (χ2v) is 16.9. The van der Waals surface area contributed by atoms with Gasteiger partial charge in [0.05, 0.1) is 18.0 Å². The molecule has 0 amide bonds. The van der Waals surface area contributed by atoms with Gasteiger partial charge >= 0.3 is 22.5 Å². The predicted octanol–water partition coefficient (Wildman–Crippen LogP) is 10.2. The topological polar surface area (TPSA) is 132 Å². The predicted molar refractivity (Wildman–Crippen MR) is 221 cm³/mol. The summed E-state index contributed by atoms with van der Waals surface area (Å²) >= 11 is -3.94. The highest BCUT2D eigenvalue weighted by atomic mass is 32.2. The van der Waals surface area contributed by atoms with Crippen LogP contribution >= 0.6 is 0 Å². The molecule has 54 heavy (non-hydrogen) atoms. The first-order chi connectivity index (χ1) is 25.7. The third kappa shape index (κ3) is 10.7. The van der Waals surface area contributed by atoms with Gasteiger partial charge < -0.3 is 13.1 Å². The van der Waals surface area contributed by atoms with E-state index in [1.165, 1.54) is 38.5 Å². The average molecular weight is 777 g/mol. The molecule has 3 aromatic carbocycles. The largest absolute Gasteiger partial charge is 0.490 e. The molecule has 0 saturated carbocycles. The van der Waals surface area contributed by atoms with Crippen LogP contribution in [0.25, 0.3) is 17.0 Å². The van der Waals surface area contributed by atoms with Crippen molar-refractivity contribution in [1.82, 2.24) is 19.8 Å². The molecular formula is C41H56N6O5S2. The Balaban J connectivity index is 1.34. The molecule has 2 heterocycles. The lowest BCUT2D eigenvalue weighted by Crippen LogP contribution is -2.15. The van der Waals surface area contributed by atoms with Crippen molar-refractivity contribution in [3.8, 4) is 28.6 Å². The molecule has 0 saturated heterocycles. The Kier molecular flexibility index (Phi) is 13.8. The fraction of sp³-hybridized carbons (Fsp3) is 0.463. The van der Waals surface area contributed by atoms with Crippen molar-refractivity contribution in [2.75, 3.05) is 16.1 Å². The van der Waals surface area contributed by atoms with Crippen LogP contribution in [0.2, 0.25) is 0 Å². The number of hydrogen-bond donors (Lipinski definition) is 3. The molecule has 0 aliphatic rings. The van der Waals surface area contributed by atoms with E-state index in [2.05, 4.69) is 52.4 Å². The van der Waals surface area contributed by atoms with Gasteiger partial charge in [-0.1, -0.05) is 84.8 Å². The summed E-state index contributed by atoms with van der Waals surface area (Å²) in [6, 6.07) is 14.8. The number of aromatic nitrogens is 4. The fourth-order valence-corrected chi connectivity index (χ4v) is 8.01. The Morgan fingerprint density at radius 2 is 1.41 bits per heavy atom. The van der Waals surface area contributed by atoms with E-state index in [1.54, 1.807) is 18.2 Å². The smallest absolute Gasteiger partial charge is 0.316 e. The molecule has 0 spiro atoms. The Morgan fingerprint density at radius 1 is 0.741 bits per heavy atom. The van der Waals surface area contributed by atoms with Crippen LogP contribution in [0.15, 0.2) is 48.5 Å². The maximum absolute atomic E-state index is 13.8. The lowest BCUT2D eigenvalue weighted by molar-refractivity contribution is 0.296. The summed E-state index contributed by atoms with van der Waals surface area (Å²) in [6.07, 6.45) is 9.44. The Hall–Kier alpha value is -4.36. The van der Waals surface area contributed by atoms with E-state index < -0.39 is 22.5 Å². The van der Waals surface area contributed by atoms with E-state index in [0.717, 1.165) is 57.6 Å². The van der Waals surface area contributed by atoms with Gasteiger partial charge in [0.1, 0.15) is 5.75 Å². The molecule has 11 nitrogen and oxygen atoms in total. The van der Waals surface area contributed by atoms with Gasteiger partial charge in [-0.05, 0) is 93.1 Å². The lowest BCUT2D eigenvalue weighted by atomic mass is 9.93. The number of H-pyrrole nitrogens is 1. The summed E-state index contributed by atoms with van der Waals surface area (Å²) in [5.74, 6) is 1.82. The van der Waals surface area contributed by atoms with Gasteiger partial charge in [-0.25, -0.2) is 4.52 Å². The first-order valence-electron chi connectivity index (χ1n) is 18.9. The van der Waals surface area contributed by atoms with Crippen molar-refractivity contribution in [3.63, 3.8) is 0 Å². The summed E-state index contributed by atoms with van der Waals surface area (Å²) < 4.78 is 52.5. The Bertz CT molecular complexity index is 2080. The van der Waals surface area contributed by atoms with Crippen LogP contribution in [0.5, 0.6) is 17.2 Å². The zero-order chi connectivity index (χ0) is 39.0. The van der Waals surface area contributed by atoms with Crippen molar-refractivity contribution in [1.29, 1.82) is 0 Å². The van der Waals surface area contributed by atoms with E-state index in [1.807, 2.05) is 69.5 Å². The van der Waals surface area contributed by atoms with Crippen molar-refractivity contribution < 1.29 is 21.5 Å². The van der Waals surface area contributed by atoms with Crippen LogP contribution < -0.4 is 22.5 Å². The van der Waals surface area contributed by atoms with Crippen LogP contribution in [0, 0.1) is 34.6 Å². The fourth-order valence-electron chi connectivity index (χ4n) is 6.56. The van der Waals surface area contributed by atoms with E-state index >= 15 is 0 Å². The molecule has 292 valence electrons. The van der Waals surface area contributed by atoms with Gasteiger partial charge in [0, 0.05) is 28.8 Å². The Labute approximate surface area is 325 Å². The Morgan fingerprint density at radius 3 is 2.09 bits per heavy atom. The standard InChI is InChI=1S/C41H56N6O5S2/c1-10-11-12-13-14-15-16-17-20-50-34-19-18-32(45-53(48)51-33-22-27(2)21-28(3)23-33)25-35(34)52-54(49)46-39-30(5)24-29(4)38(31(39)6)40-43-42-37-26-36(41(7,8)9)44-47(37)40/h18-19,21-26,44-46H,10-17,20H2,1-9H3. The van der Waals surface area contributed by atoms with Gasteiger partial charge in [0.25, 0.3) is 0 Å².